The summed E-state index contributed by atoms with van der Waals surface area (Å²) in [7, 11) is 0. The minimum absolute atomic E-state index is 0.0164. The Balaban J connectivity index is 2.41. The van der Waals surface area contributed by atoms with E-state index in [9.17, 15) is 57.9 Å². The first kappa shape index (κ1) is 32.1. The van der Waals surface area contributed by atoms with E-state index in [2.05, 4.69) is 0 Å². The van der Waals surface area contributed by atoms with Crippen molar-refractivity contribution in [3.05, 3.63) is 74.5 Å². The van der Waals surface area contributed by atoms with E-state index in [0.717, 1.165) is 0 Å². The van der Waals surface area contributed by atoms with Crippen LogP contribution in [0.2, 0.25) is 10.0 Å². The van der Waals surface area contributed by atoms with E-state index in [4.69, 9.17) is 23.2 Å². The number of carbonyl (C=O) groups is 2. The summed E-state index contributed by atoms with van der Waals surface area (Å²) >= 11 is 11.0. The maximum Gasteiger partial charge on any atom is 0.417 e. The van der Waals surface area contributed by atoms with Gasteiger partial charge in [0, 0.05) is 5.56 Å². The van der Waals surface area contributed by atoms with Gasteiger partial charge >= 0.3 is 18.5 Å². The fourth-order valence-corrected chi connectivity index (χ4v) is 3.52. The summed E-state index contributed by atoms with van der Waals surface area (Å²) in [6.07, 6.45) is -15.5. The van der Waals surface area contributed by atoms with Gasteiger partial charge in [0.1, 0.15) is 18.3 Å². The predicted molar refractivity (Wildman–Crippen MR) is 117 cm³/mol. The average Bonchev–Trinajstić information content (AvgIpc) is 2.80. The Morgan fingerprint density at radius 2 is 1.46 bits per heavy atom. The molecule has 0 aromatic heterocycles. The summed E-state index contributed by atoms with van der Waals surface area (Å²) in [5.41, 5.74) is -4.90. The highest BCUT2D eigenvalue weighted by Gasteiger charge is 2.41. The topological polar surface area (TPSA) is 58.2 Å². The molecule has 0 radical (unpaired) electrons. The first-order valence-electron chi connectivity index (χ1n) is 10.1. The van der Waals surface area contributed by atoms with Gasteiger partial charge in [0.2, 0.25) is 5.91 Å². The smallest absolute Gasteiger partial charge is 0.345 e. The Morgan fingerprint density at radius 3 is 1.95 bits per heavy atom. The number of rotatable bonds is 7. The number of alkyl halides is 9. The molecule has 2 amide bonds. The van der Waals surface area contributed by atoms with E-state index in [-0.39, 0.29) is 12.1 Å². The summed E-state index contributed by atoms with van der Waals surface area (Å²) in [4.78, 5) is 23.5. The maximum atomic E-state index is 14.8. The Bertz CT molecular complexity index is 1250. The molecule has 0 heterocycles. The molecule has 1 atom stereocenters. The normalized spacial score (nSPS) is 13.7. The van der Waals surface area contributed by atoms with Crippen LogP contribution >= 0.6 is 23.2 Å². The second kappa shape index (κ2) is 12.0. The van der Waals surface area contributed by atoms with Crippen molar-refractivity contribution < 1.29 is 57.9 Å². The molecule has 2 N–H and O–H groups in total. The van der Waals surface area contributed by atoms with Crippen molar-refractivity contribution in [3.63, 3.8) is 0 Å². The third kappa shape index (κ3) is 8.98. The number of benzene rings is 2. The van der Waals surface area contributed by atoms with Gasteiger partial charge in [-0.2, -0.15) is 39.5 Å². The van der Waals surface area contributed by atoms with Crippen molar-refractivity contribution in [2.75, 3.05) is 13.1 Å². The zero-order valence-electron chi connectivity index (χ0n) is 18.7. The molecule has 0 bridgehead atoms. The molecule has 0 aliphatic carbocycles. The van der Waals surface area contributed by atoms with Crippen molar-refractivity contribution in [2.24, 2.45) is 0 Å². The van der Waals surface area contributed by atoms with Gasteiger partial charge in [-0.1, -0.05) is 29.3 Å². The first-order valence-corrected chi connectivity index (χ1v) is 10.9. The van der Waals surface area contributed by atoms with E-state index in [0.29, 0.717) is 24.3 Å². The highest BCUT2D eigenvalue weighted by atomic mass is 35.5. The first-order chi connectivity index (χ1) is 17.7. The zero-order chi connectivity index (χ0) is 29.9. The number of nitrogens with one attached hydrogen (secondary N) is 2. The summed E-state index contributed by atoms with van der Waals surface area (Å²) in [5.74, 6) is -8.89. The van der Waals surface area contributed by atoms with Crippen LogP contribution in [0.3, 0.4) is 0 Å². The molecule has 2 aromatic carbocycles. The second-order valence-electron chi connectivity index (χ2n) is 7.67. The van der Waals surface area contributed by atoms with Gasteiger partial charge in [0.25, 0.3) is 5.91 Å². The van der Waals surface area contributed by atoms with Crippen LogP contribution in [0.4, 0.5) is 48.3 Å². The molecule has 39 heavy (non-hydrogen) atoms. The van der Waals surface area contributed by atoms with Gasteiger partial charge in [-0.3, -0.25) is 9.59 Å². The third-order valence-corrected chi connectivity index (χ3v) is 5.32. The highest BCUT2D eigenvalue weighted by Crippen LogP contribution is 2.41. The number of hydrogen-bond acceptors (Lipinski definition) is 2. The molecule has 0 aliphatic rings. The second-order valence-corrected chi connectivity index (χ2v) is 8.48. The van der Waals surface area contributed by atoms with Gasteiger partial charge in [-0.15, -0.1) is 0 Å². The molecule has 2 rings (SSSR count). The van der Waals surface area contributed by atoms with Crippen molar-refractivity contribution >= 4 is 40.8 Å². The largest absolute Gasteiger partial charge is 0.417 e. The summed E-state index contributed by atoms with van der Waals surface area (Å²) < 4.78 is 146. The SMILES string of the molecule is O=C(CNC(=O)c1ccc(/C(F)=C/C(c2cc(Cl)c(F)c(Cl)c2)C(F)(F)F)cc1C(F)(F)F)NCC(F)(F)F. The van der Waals surface area contributed by atoms with E-state index in [1.165, 1.54) is 5.32 Å². The van der Waals surface area contributed by atoms with E-state index in [1.54, 1.807) is 5.32 Å². The Kier molecular flexibility index (Phi) is 9.88. The molecule has 17 heteroatoms. The molecule has 2 aromatic rings. The zero-order valence-corrected chi connectivity index (χ0v) is 20.2. The van der Waals surface area contributed by atoms with Crippen LogP contribution in [0, 0.1) is 5.82 Å². The third-order valence-electron chi connectivity index (χ3n) is 4.77. The Labute approximate surface area is 221 Å². The van der Waals surface area contributed by atoms with Gasteiger partial charge in [-0.25, -0.2) is 8.78 Å². The lowest BCUT2D eigenvalue weighted by molar-refractivity contribution is -0.140. The van der Waals surface area contributed by atoms with E-state index in [1.807, 2.05) is 0 Å². The van der Waals surface area contributed by atoms with Gasteiger partial charge < -0.3 is 10.6 Å². The number of carbonyl (C=O) groups excluding carboxylic acids is 2. The Hall–Kier alpha value is -3.07. The van der Waals surface area contributed by atoms with Crippen LogP contribution in [-0.4, -0.2) is 37.3 Å². The van der Waals surface area contributed by atoms with Gasteiger partial charge in [0.15, 0.2) is 5.82 Å². The summed E-state index contributed by atoms with van der Waals surface area (Å²) in [6, 6.07) is 1.94. The van der Waals surface area contributed by atoms with E-state index < -0.39 is 93.3 Å². The van der Waals surface area contributed by atoms with Crippen molar-refractivity contribution in [1.82, 2.24) is 10.6 Å². The van der Waals surface area contributed by atoms with Gasteiger partial charge in [-0.05, 0) is 35.9 Å². The molecule has 0 saturated heterocycles. The molecule has 1 unspecified atom stereocenters. The van der Waals surface area contributed by atoms with Crippen LogP contribution in [0.15, 0.2) is 36.4 Å². The number of halogens is 13. The molecular formula is C22H13Cl2F11N2O2. The van der Waals surface area contributed by atoms with Crippen LogP contribution in [0.25, 0.3) is 5.83 Å². The van der Waals surface area contributed by atoms with Crippen molar-refractivity contribution in [3.8, 4) is 0 Å². The molecule has 0 fully saturated rings. The fraction of sp³-hybridized carbons (Fsp3) is 0.273. The fourth-order valence-electron chi connectivity index (χ4n) is 3.02. The molecule has 4 nitrogen and oxygen atoms in total. The average molecular weight is 617 g/mol. The number of hydrogen-bond donors (Lipinski definition) is 2. The Morgan fingerprint density at radius 1 is 0.897 bits per heavy atom. The van der Waals surface area contributed by atoms with Crippen LogP contribution in [0.5, 0.6) is 0 Å². The predicted octanol–water partition coefficient (Wildman–Crippen LogP) is 7.22. The standard InChI is InChI=1S/C22H13Cl2F11N2O2/c23-14-4-10(5-15(24)18(14)26)12(21(30,31)32)6-16(25)9-1-2-11(13(3-9)22(33,34)35)19(39)36-7-17(38)37-8-20(27,28)29/h1-6,12H,7-8H2,(H,36,39)(H,37,38)/b16-6-. The molecule has 214 valence electrons. The quantitative estimate of drug-likeness (QED) is 0.255. The molecular weight excluding hydrogens is 604 g/mol. The van der Waals surface area contributed by atoms with Gasteiger partial charge in [0.05, 0.1) is 27.7 Å². The van der Waals surface area contributed by atoms with E-state index >= 15 is 0 Å². The minimum atomic E-state index is -5.36. The van der Waals surface area contributed by atoms with Crippen molar-refractivity contribution in [1.29, 1.82) is 0 Å². The summed E-state index contributed by atoms with van der Waals surface area (Å²) in [5, 5.41) is 1.36. The number of amides is 2. The van der Waals surface area contributed by atoms with Crippen LogP contribution in [0.1, 0.15) is 33.0 Å². The molecule has 0 saturated carbocycles. The van der Waals surface area contributed by atoms with Crippen LogP contribution in [-0.2, 0) is 11.0 Å². The summed E-state index contributed by atoms with van der Waals surface area (Å²) in [6.45, 7) is -2.93. The lowest BCUT2D eigenvalue weighted by Crippen LogP contribution is -2.41. The van der Waals surface area contributed by atoms with Crippen LogP contribution < -0.4 is 10.6 Å². The lowest BCUT2D eigenvalue weighted by atomic mass is 9.95. The lowest BCUT2D eigenvalue weighted by Gasteiger charge is -2.19. The maximum absolute atomic E-state index is 14.8. The highest BCUT2D eigenvalue weighted by molar-refractivity contribution is 6.35. The van der Waals surface area contributed by atoms with Crippen molar-refractivity contribution in [2.45, 2.75) is 24.4 Å². The molecule has 0 aliphatic heterocycles. The molecule has 0 spiro atoms. The monoisotopic (exact) mass is 616 g/mol. The number of allylic oxidation sites excluding steroid dienone is 1. The minimum Gasteiger partial charge on any atom is -0.345 e.